The van der Waals surface area contributed by atoms with Gasteiger partial charge in [0.2, 0.25) is 0 Å². The van der Waals surface area contributed by atoms with Crippen molar-refractivity contribution in [2.75, 3.05) is 0 Å². The number of hydrogen-bond donors (Lipinski definition) is 2. The maximum atomic E-state index is 10.6. The third kappa shape index (κ3) is 1.39. The van der Waals surface area contributed by atoms with Crippen molar-refractivity contribution < 1.29 is 15.0 Å². The molecule has 0 radical (unpaired) electrons. The first-order chi connectivity index (χ1) is 5.66. The molecule has 1 aliphatic carbocycles. The topological polar surface area (TPSA) is 57.5 Å². The van der Waals surface area contributed by atoms with Crippen LogP contribution in [0, 0.1) is 0 Å². The molecule has 0 aromatic rings. The van der Waals surface area contributed by atoms with Crippen molar-refractivity contribution in [2.45, 2.75) is 13.3 Å². The summed E-state index contributed by atoms with van der Waals surface area (Å²) in [5.41, 5.74) is 0.583. The van der Waals surface area contributed by atoms with Crippen LogP contribution in [0.15, 0.2) is 35.1 Å². The van der Waals surface area contributed by atoms with E-state index in [9.17, 15) is 9.90 Å². The van der Waals surface area contributed by atoms with Crippen LogP contribution in [0.25, 0.3) is 0 Å². The number of aliphatic hydroxyl groups is 1. The molecule has 2 N–H and O–H groups in total. The van der Waals surface area contributed by atoms with Crippen LogP contribution in [0.3, 0.4) is 0 Å². The second kappa shape index (κ2) is 3.26. The van der Waals surface area contributed by atoms with Gasteiger partial charge in [0.1, 0.15) is 5.76 Å². The lowest BCUT2D eigenvalue weighted by atomic mass is 10.1. The van der Waals surface area contributed by atoms with Crippen molar-refractivity contribution in [1.82, 2.24) is 0 Å². The van der Waals surface area contributed by atoms with E-state index in [1.807, 2.05) is 0 Å². The fourth-order valence-corrected chi connectivity index (χ4v) is 1.05. The van der Waals surface area contributed by atoms with Gasteiger partial charge < -0.3 is 10.2 Å². The highest BCUT2D eigenvalue weighted by Gasteiger charge is 2.16. The molecule has 0 saturated heterocycles. The van der Waals surface area contributed by atoms with E-state index in [4.69, 9.17) is 5.11 Å². The molecule has 0 aromatic heterocycles. The number of allylic oxidation sites excluding steroid dienone is 4. The number of aliphatic carboxylic acids is 1. The van der Waals surface area contributed by atoms with Gasteiger partial charge in [0.15, 0.2) is 0 Å². The Morgan fingerprint density at radius 3 is 2.67 bits per heavy atom. The number of rotatable bonds is 2. The molecule has 0 spiro atoms. The van der Waals surface area contributed by atoms with E-state index in [0.717, 1.165) is 0 Å². The van der Waals surface area contributed by atoms with Gasteiger partial charge in [-0.05, 0) is 6.08 Å². The molecule has 0 fully saturated rings. The monoisotopic (exact) mass is 166 g/mol. The molecule has 0 bridgehead atoms. The lowest BCUT2D eigenvalue weighted by molar-refractivity contribution is -0.132. The van der Waals surface area contributed by atoms with Crippen molar-refractivity contribution in [3.05, 3.63) is 35.1 Å². The quantitative estimate of drug-likeness (QED) is 0.615. The lowest BCUT2D eigenvalue weighted by Gasteiger charge is -2.01. The van der Waals surface area contributed by atoms with E-state index >= 15 is 0 Å². The molecular formula is C9H10O3. The number of carboxylic acid groups (broad SMARTS) is 1. The smallest absolute Gasteiger partial charge is 0.336 e. The molecule has 1 rings (SSSR count). The molecule has 0 unspecified atom stereocenters. The first kappa shape index (κ1) is 8.59. The number of aliphatic hydroxyl groups excluding tert-OH is 1. The van der Waals surface area contributed by atoms with E-state index in [2.05, 4.69) is 0 Å². The van der Waals surface area contributed by atoms with Gasteiger partial charge in [-0.1, -0.05) is 19.1 Å². The van der Waals surface area contributed by atoms with Gasteiger partial charge in [0.25, 0.3) is 0 Å². The van der Waals surface area contributed by atoms with E-state index < -0.39 is 5.97 Å². The molecular weight excluding hydrogens is 156 g/mol. The Balaban J connectivity index is 3.03. The maximum absolute atomic E-state index is 10.6. The summed E-state index contributed by atoms with van der Waals surface area (Å²) in [5, 5.41) is 18.0. The van der Waals surface area contributed by atoms with Crippen LogP contribution >= 0.6 is 0 Å². The third-order valence-electron chi connectivity index (χ3n) is 1.69. The Kier molecular flexibility index (Phi) is 2.33. The van der Waals surface area contributed by atoms with Crippen LogP contribution in [0.1, 0.15) is 13.3 Å². The van der Waals surface area contributed by atoms with Crippen molar-refractivity contribution in [3.8, 4) is 0 Å². The molecule has 3 heteroatoms. The molecule has 0 saturated carbocycles. The molecule has 0 atom stereocenters. The van der Waals surface area contributed by atoms with E-state index in [0.29, 0.717) is 12.0 Å². The van der Waals surface area contributed by atoms with Crippen molar-refractivity contribution in [2.24, 2.45) is 0 Å². The van der Waals surface area contributed by atoms with Gasteiger partial charge in [-0.25, -0.2) is 4.79 Å². The predicted molar refractivity (Wildman–Crippen MR) is 44.8 cm³/mol. The molecule has 3 nitrogen and oxygen atoms in total. The van der Waals surface area contributed by atoms with Crippen LogP contribution < -0.4 is 0 Å². The Hall–Kier alpha value is -1.51. The normalized spacial score (nSPS) is 19.2. The fraction of sp³-hybridized carbons (Fsp3) is 0.222. The SMILES string of the molecule is CC/C(O)=C1\C=CC=C1C(=O)O. The summed E-state index contributed by atoms with van der Waals surface area (Å²) in [7, 11) is 0. The Morgan fingerprint density at radius 2 is 2.17 bits per heavy atom. The minimum atomic E-state index is -1.00. The van der Waals surface area contributed by atoms with Crippen molar-refractivity contribution in [3.63, 3.8) is 0 Å². The lowest BCUT2D eigenvalue weighted by Crippen LogP contribution is -2.02. The molecule has 0 heterocycles. The van der Waals surface area contributed by atoms with Crippen LogP contribution in [-0.4, -0.2) is 16.2 Å². The summed E-state index contributed by atoms with van der Waals surface area (Å²) in [6.07, 6.45) is 5.14. The Morgan fingerprint density at radius 1 is 1.50 bits per heavy atom. The van der Waals surface area contributed by atoms with Crippen LogP contribution in [0.2, 0.25) is 0 Å². The highest BCUT2D eigenvalue weighted by molar-refractivity contribution is 5.94. The average Bonchev–Trinajstić information content (AvgIpc) is 2.50. The van der Waals surface area contributed by atoms with Crippen LogP contribution in [0.4, 0.5) is 0 Å². The van der Waals surface area contributed by atoms with E-state index in [1.54, 1.807) is 19.1 Å². The number of hydrogen-bond acceptors (Lipinski definition) is 2. The van der Waals surface area contributed by atoms with Crippen molar-refractivity contribution in [1.29, 1.82) is 0 Å². The standard InChI is InChI=1S/C9H10O3/c1-2-8(10)6-4-3-5-7(6)9(11)12/h3-5,10H,2H2,1H3,(H,11,12)/b8-6-. The summed E-state index contributed by atoms with van der Waals surface area (Å²) in [6.45, 7) is 1.77. The molecule has 0 aromatic carbocycles. The number of carboxylic acids is 1. The van der Waals surface area contributed by atoms with Gasteiger partial charge >= 0.3 is 5.97 Å². The Bertz CT molecular complexity index is 295. The zero-order valence-corrected chi connectivity index (χ0v) is 6.74. The average molecular weight is 166 g/mol. The largest absolute Gasteiger partial charge is 0.512 e. The molecule has 12 heavy (non-hydrogen) atoms. The highest BCUT2D eigenvalue weighted by atomic mass is 16.4. The van der Waals surface area contributed by atoms with E-state index in [-0.39, 0.29) is 11.3 Å². The zero-order valence-electron chi connectivity index (χ0n) is 6.74. The first-order valence-electron chi connectivity index (χ1n) is 3.71. The van der Waals surface area contributed by atoms with Gasteiger partial charge in [-0.3, -0.25) is 0 Å². The molecule has 64 valence electrons. The summed E-state index contributed by atoms with van der Waals surface area (Å²) in [4.78, 5) is 10.6. The third-order valence-corrected chi connectivity index (χ3v) is 1.69. The second-order valence-corrected chi connectivity index (χ2v) is 2.46. The van der Waals surface area contributed by atoms with Gasteiger partial charge in [0, 0.05) is 12.0 Å². The van der Waals surface area contributed by atoms with Gasteiger partial charge in [0.05, 0.1) is 5.57 Å². The van der Waals surface area contributed by atoms with Gasteiger partial charge in [-0.2, -0.15) is 0 Å². The first-order valence-corrected chi connectivity index (χ1v) is 3.71. The highest BCUT2D eigenvalue weighted by Crippen LogP contribution is 2.22. The zero-order chi connectivity index (χ0) is 9.14. The van der Waals surface area contributed by atoms with Crippen molar-refractivity contribution >= 4 is 5.97 Å². The predicted octanol–water partition coefficient (Wildman–Crippen LogP) is 1.79. The minimum absolute atomic E-state index is 0.123. The fourth-order valence-electron chi connectivity index (χ4n) is 1.05. The minimum Gasteiger partial charge on any atom is -0.512 e. The molecule has 0 amide bonds. The van der Waals surface area contributed by atoms with Gasteiger partial charge in [-0.15, -0.1) is 0 Å². The molecule has 0 aliphatic heterocycles. The number of carbonyl (C=O) groups is 1. The van der Waals surface area contributed by atoms with Crippen LogP contribution in [0.5, 0.6) is 0 Å². The summed E-state index contributed by atoms with van der Waals surface area (Å²) < 4.78 is 0. The van der Waals surface area contributed by atoms with Crippen LogP contribution in [-0.2, 0) is 4.79 Å². The van der Waals surface area contributed by atoms with E-state index in [1.165, 1.54) is 6.08 Å². The second-order valence-electron chi connectivity index (χ2n) is 2.46. The Labute approximate surface area is 70.3 Å². The maximum Gasteiger partial charge on any atom is 0.336 e. The summed E-state index contributed by atoms with van der Waals surface area (Å²) >= 11 is 0. The molecule has 1 aliphatic rings. The summed E-state index contributed by atoms with van der Waals surface area (Å²) in [6, 6.07) is 0. The summed E-state index contributed by atoms with van der Waals surface area (Å²) in [5.74, 6) is -0.882.